The molecule has 0 aliphatic heterocycles. The number of hydrogen-bond acceptors (Lipinski definition) is 5. The molecule has 1 amide bonds. The summed E-state index contributed by atoms with van der Waals surface area (Å²) in [6, 6.07) is 16.3. The maximum atomic E-state index is 12.2. The number of rotatable bonds is 8. The Morgan fingerprint density at radius 2 is 1.83 bits per heavy atom. The van der Waals surface area contributed by atoms with Crippen LogP contribution in [0, 0.1) is 6.92 Å². The van der Waals surface area contributed by atoms with Crippen molar-refractivity contribution < 1.29 is 4.79 Å². The number of nitrogens with zero attached hydrogens (tertiary/aromatic N) is 4. The lowest BCUT2D eigenvalue weighted by Crippen LogP contribution is -2.20. The molecule has 30 heavy (non-hydrogen) atoms. The fourth-order valence-corrected chi connectivity index (χ4v) is 3.70. The molecule has 3 aromatic rings. The van der Waals surface area contributed by atoms with Gasteiger partial charge in [-0.05, 0) is 30.9 Å². The molecule has 6 nitrogen and oxygen atoms in total. The van der Waals surface area contributed by atoms with Crippen molar-refractivity contribution in [2.45, 2.75) is 45.3 Å². The van der Waals surface area contributed by atoms with Crippen molar-refractivity contribution in [2.24, 2.45) is 5.10 Å². The maximum absolute atomic E-state index is 12.2. The van der Waals surface area contributed by atoms with Crippen molar-refractivity contribution in [3.63, 3.8) is 0 Å². The van der Waals surface area contributed by atoms with E-state index >= 15 is 0 Å². The lowest BCUT2D eigenvalue weighted by atomic mass is 10.0. The van der Waals surface area contributed by atoms with E-state index in [1.165, 1.54) is 22.9 Å². The summed E-state index contributed by atoms with van der Waals surface area (Å²) < 4.78 is 2.02. The van der Waals surface area contributed by atoms with Crippen LogP contribution in [0.25, 0.3) is 11.4 Å². The van der Waals surface area contributed by atoms with E-state index in [1.54, 1.807) is 6.21 Å². The molecule has 1 aromatic heterocycles. The van der Waals surface area contributed by atoms with Gasteiger partial charge in [-0.15, -0.1) is 10.2 Å². The van der Waals surface area contributed by atoms with Gasteiger partial charge >= 0.3 is 0 Å². The summed E-state index contributed by atoms with van der Waals surface area (Å²) in [6.45, 7) is 9.14. The highest BCUT2D eigenvalue weighted by molar-refractivity contribution is 7.99. The molecule has 7 heteroatoms. The second kappa shape index (κ2) is 10.2. The van der Waals surface area contributed by atoms with E-state index in [0.717, 1.165) is 28.7 Å². The minimum absolute atomic E-state index is 0.183. The number of carbonyl (C=O) groups excluding carboxylic acids is 1. The number of amides is 1. The van der Waals surface area contributed by atoms with Gasteiger partial charge < -0.3 is 4.57 Å². The quantitative estimate of drug-likeness (QED) is 0.327. The molecule has 0 aliphatic carbocycles. The summed E-state index contributed by atoms with van der Waals surface area (Å²) >= 11 is 1.35. The molecule has 0 bridgehead atoms. The molecule has 0 aliphatic rings. The Morgan fingerprint density at radius 1 is 1.13 bits per heavy atom. The number of hydrazone groups is 1. The van der Waals surface area contributed by atoms with E-state index in [1.807, 2.05) is 35.8 Å². The van der Waals surface area contributed by atoms with Gasteiger partial charge in [0.15, 0.2) is 11.0 Å². The summed E-state index contributed by atoms with van der Waals surface area (Å²) in [4.78, 5) is 12.2. The minimum Gasteiger partial charge on any atom is -0.302 e. The van der Waals surface area contributed by atoms with Gasteiger partial charge in [-0.2, -0.15) is 5.10 Å². The van der Waals surface area contributed by atoms with Gasteiger partial charge in [0.05, 0.1) is 12.0 Å². The molecule has 0 fully saturated rings. The minimum atomic E-state index is -0.183. The highest BCUT2D eigenvalue weighted by atomic mass is 32.2. The zero-order valence-corrected chi connectivity index (χ0v) is 18.6. The van der Waals surface area contributed by atoms with Crippen molar-refractivity contribution in [1.29, 1.82) is 0 Å². The largest absolute Gasteiger partial charge is 0.302 e. The van der Waals surface area contributed by atoms with Crippen LogP contribution in [0.15, 0.2) is 58.8 Å². The van der Waals surface area contributed by atoms with Gasteiger partial charge in [0, 0.05) is 12.1 Å². The van der Waals surface area contributed by atoms with Crippen LogP contribution in [0.1, 0.15) is 43.4 Å². The van der Waals surface area contributed by atoms with Crippen molar-refractivity contribution in [3.8, 4) is 11.4 Å². The Hall–Kier alpha value is -2.93. The highest BCUT2D eigenvalue weighted by Crippen LogP contribution is 2.24. The van der Waals surface area contributed by atoms with Crippen LogP contribution in [0.2, 0.25) is 0 Å². The lowest BCUT2D eigenvalue weighted by Gasteiger charge is -2.07. The number of benzene rings is 2. The van der Waals surface area contributed by atoms with E-state index < -0.39 is 0 Å². The average molecular weight is 422 g/mol. The van der Waals surface area contributed by atoms with Crippen molar-refractivity contribution >= 4 is 23.9 Å². The van der Waals surface area contributed by atoms with Gasteiger partial charge in [0.25, 0.3) is 5.91 Å². The first-order valence-corrected chi connectivity index (χ1v) is 11.0. The van der Waals surface area contributed by atoms with Gasteiger partial charge in [0.2, 0.25) is 0 Å². The second-order valence-electron chi connectivity index (χ2n) is 7.32. The van der Waals surface area contributed by atoms with Crippen molar-refractivity contribution in [1.82, 2.24) is 20.2 Å². The number of thioether (sulfide) groups is 1. The number of nitrogens with one attached hydrogen (secondary N) is 1. The summed E-state index contributed by atoms with van der Waals surface area (Å²) in [6.07, 6.45) is 1.65. The summed E-state index contributed by atoms with van der Waals surface area (Å²) in [5.74, 6) is 1.33. The third-order valence-electron chi connectivity index (χ3n) is 4.68. The first-order valence-electron chi connectivity index (χ1n) is 10.0. The summed E-state index contributed by atoms with van der Waals surface area (Å²) in [5, 5.41) is 13.4. The first-order chi connectivity index (χ1) is 14.5. The molecule has 2 aromatic carbocycles. The fraction of sp³-hybridized carbons (Fsp3) is 0.304. The number of hydrogen-bond donors (Lipinski definition) is 1. The average Bonchev–Trinajstić information content (AvgIpc) is 3.16. The summed E-state index contributed by atoms with van der Waals surface area (Å²) in [5.41, 5.74) is 7.01. The number of aromatic nitrogens is 3. The van der Waals surface area contributed by atoms with Gasteiger partial charge in [-0.3, -0.25) is 4.79 Å². The summed E-state index contributed by atoms with van der Waals surface area (Å²) in [7, 11) is 0. The standard InChI is InChI=1S/C23H27N5OS/c1-5-28-22(20-10-6-17(4)7-11-20)26-27-23(28)30-15-21(29)25-24-14-18-8-12-19(13-9-18)16(2)3/h6-14,16H,5,15H2,1-4H3,(H,25,29). The normalized spacial score (nSPS) is 11.4. The van der Waals surface area contributed by atoms with Gasteiger partial charge in [-0.25, -0.2) is 5.43 Å². The predicted octanol–water partition coefficient (Wildman–Crippen LogP) is 4.64. The zero-order valence-electron chi connectivity index (χ0n) is 17.8. The molecular weight excluding hydrogens is 394 g/mol. The van der Waals surface area contributed by atoms with Gasteiger partial charge in [0.1, 0.15) is 0 Å². The molecule has 1 N–H and O–H groups in total. The Kier molecular flexibility index (Phi) is 7.41. The predicted molar refractivity (Wildman–Crippen MR) is 123 cm³/mol. The smallest absolute Gasteiger partial charge is 0.250 e. The van der Waals surface area contributed by atoms with Crippen molar-refractivity contribution in [2.75, 3.05) is 5.75 Å². The Morgan fingerprint density at radius 3 is 2.47 bits per heavy atom. The molecule has 0 radical (unpaired) electrons. The van der Waals surface area contributed by atoms with Crippen LogP contribution >= 0.6 is 11.8 Å². The van der Waals surface area contributed by atoms with E-state index in [2.05, 4.69) is 65.8 Å². The molecule has 3 rings (SSSR count). The fourth-order valence-electron chi connectivity index (χ4n) is 2.90. The topological polar surface area (TPSA) is 72.2 Å². The Balaban J connectivity index is 1.56. The third-order valence-corrected chi connectivity index (χ3v) is 5.65. The Labute approximate surface area is 181 Å². The van der Waals surface area contributed by atoms with Crippen LogP contribution in [0.3, 0.4) is 0 Å². The van der Waals surface area contributed by atoms with E-state index in [-0.39, 0.29) is 11.7 Å². The van der Waals surface area contributed by atoms with Crippen LogP contribution in [0.5, 0.6) is 0 Å². The van der Waals surface area contributed by atoms with Crippen LogP contribution in [-0.2, 0) is 11.3 Å². The Bertz CT molecular complexity index is 1010. The molecule has 0 saturated carbocycles. The first kappa shape index (κ1) is 21.8. The molecular formula is C23H27N5OS. The van der Waals surface area contributed by atoms with E-state index in [0.29, 0.717) is 5.92 Å². The number of carbonyl (C=O) groups is 1. The van der Waals surface area contributed by atoms with Crippen LogP contribution < -0.4 is 5.43 Å². The SMILES string of the molecule is CCn1c(SCC(=O)NN=Cc2ccc(C(C)C)cc2)nnc1-c1ccc(C)cc1. The monoisotopic (exact) mass is 421 g/mol. The third kappa shape index (κ3) is 5.57. The number of aryl methyl sites for hydroxylation is 1. The maximum Gasteiger partial charge on any atom is 0.250 e. The molecule has 1 heterocycles. The molecule has 0 spiro atoms. The zero-order chi connectivity index (χ0) is 21.5. The van der Waals surface area contributed by atoms with Crippen LogP contribution in [-0.4, -0.2) is 32.6 Å². The molecule has 0 atom stereocenters. The lowest BCUT2D eigenvalue weighted by molar-refractivity contribution is -0.118. The van der Waals surface area contributed by atoms with E-state index in [9.17, 15) is 4.79 Å². The molecule has 0 unspecified atom stereocenters. The van der Waals surface area contributed by atoms with Gasteiger partial charge in [-0.1, -0.05) is 79.7 Å². The highest BCUT2D eigenvalue weighted by Gasteiger charge is 2.14. The second-order valence-corrected chi connectivity index (χ2v) is 8.26. The molecule has 156 valence electrons. The molecule has 0 saturated heterocycles. The van der Waals surface area contributed by atoms with E-state index in [4.69, 9.17) is 0 Å². The van der Waals surface area contributed by atoms with Crippen molar-refractivity contribution in [3.05, 3.63) is 65.2 Å². The van der Waals surface area contributed by atoms with Crippen LogP contribution in [0.4, 0.5) is 0 Å².